The van der Waals surface area contributed by atoms with Gasteiger partial charge in [-0.2, -0.15) is 0 Å². The van der Waals surface area contributed by atoms with E-state index in [2.05, 4.69) is 25.9 Å². The van der Waals surface area contributed by atoms with Crippen molar-refractivity contribution >= 4 is 11.9 Å². The second-order valence-corrected chi connectivity index (χ2v) is 6.91. The smallest absolute Gasteiger partial charge is 0.251 e. The highest BCUT2D eigenvalue weighted by molar-refractivity contribution is 5.94. The fraction of sp³-hybridized carbons (Fsp3) is 0.261. The van der Waals surface area contributed by atoms with Crippen LogP contribution in [0.3, 0.4) is 0 Å². The van der Waals surface area contributed by atoms with Crippen molar-refractivity contribution in [3.63, 3.8) is 0 Å². The van der Waals surface area contributed by atoms with Crippen molar-refractivity contribution in [3.8, 4) is 5.69 Å². The Morgan fingerprint density at radius 1 is 1.16 bits per heavy atom. The molecule has 3 rings (SSSR count). The average Bonchev–Trinajstić information content (AvgIpc) is 3.32. The lowest BCUT2D eigenvalue weighted by atomic mass is 10.1. The van der Waals surface area contributed by atoms with Crippen LogP contribution in [-0.4, -0.2) is 41.6 Å². The third kappa shape index (κ3) is 6.15. The molecule has 7 nitrogen and oxygen atoms in total. The van der Waals surface area contributed by atoms with Crippen molar-refractivity contribution in [2.75, 3.05) is 20.1 Å². The van der Waals surface area contributed by atoms with Gasteiger partial charge in [-0.15, -0.1) is 0 Å². The second-order valence-electron chi connectivity index (χ2n) is 6.91. The fourth-order valence-electron chi connectivity index (χ4n) is 3.11. The summed E-state index contributed by atoms with van der Waals surface area (Å²) < 4.78 is 16.1. The number of benzene rings is 2. The molecule has 3 N–H and O–H groups in total. The molecule has 0 fully saturated rings. The number of nitrogens with one attached hydrogen (secondary N) is 3. The van der Waals surface area contributed by atoms with E-state index in [0.29, 0.717) is 36.8 Å². The van der Waals surface area contributed by atoms with E-state index in [1.54, 1.807) is 42.5 Å². The lowest BCUT2D eigenvalue weighted by Crippen LogP contribution is -2.38. The standard InChI is InChI=1S/C23H27FN6O/c1-3-27-23(28-10-9-17-5-4-6-19(13-17)22(31)25-2)29-15-18-7-8-21(20(24)14-18)30-12-11-26-16-30/h4-8,11-14,16H,3,9-10,15H2,1-2H3,(H,25,31)(H2,27,28,29). The van der Waals surface area contributed by atoms with Crippen LogP contribution in [-0.2, 0) is 13.0 Å². The van der Waals surface area contributed by atoms with Gasteiger partial charge in [0.2, 0.25) is 0 Å². The predicted octanol–water partition coefficient (Wildman–Crippen LogP) is 2.67. The largest absolute Gasteiger partial charge is 0.357 e. The molecule has 162 valence electrons. The molecule has 0 saturated carbocycles. The lowest BCUT2D eigenvalue weighted by molar-refractivity contribution is 0.0963. The zero-order valence-corrected chi connectivity index (χ0v) is 17.7. The van der Waals surface area contributed by atoms with E-state index in [1.165, 1.54) is 6.07 Å². The molecule has 0 aliphatic carbocycles. The molecular formula is C23H27FN6O. The van der Waals surface area contributed by atoms with Gasteiger partial charge in [0.25, 0.3) is 5.91 Å². The molecule has 2 aromatic carbocycles. The van der Waals surface area contributed by atoms with Crippen LogP contribution in [0.25, 0.3) is 5.69 Å². The Balaban J connectivity index is 1.59. The van der Waals surface area contributed by atoms with Crippen LogP contribution in [0.1, 0.15) is 28.4 Å². The maximum Gasteiger partial charge on any atom is 0.251 e. The zero-order valence-electron chi connectivity index (χ0n) is 17.7. The molecule has 31 heavy (non-hydrogen) atoms. The highest BCUT2D eigenvalue weighted by atomic mass is 19.1. The molecule has 1 heterocycles. The molecule has 0 radical (unpaired) electrons. The molecule has 0 aliphatic rings. The summed E-state index contributed by atoms with van der Waals surface area (Å²) in [5, 5.41) is 9.11. The van der Waals surface area contributed by atoms with E-state index >= 15 is 0 Å². The van der Waals surface area contributed by atoms with Crippen LogP contribution in [0.4, 0.5) is 4.39 Å². The van der Waals surface area contributed by atoms with Crippen molar-refractivity contribution in [2.45, 2.75) is 19.9 Å². The SMILES string of the molecule is CCNC(=NCc1ccc(-n2ccnc2)c(F)c1)NCCc1cccc(C(=O)NC)c1. The first kappa shape index (κ1) is 22.0. The molecule has 0 aliphatic heterocycles. The summed E-state index contributed by atoms with van der Waals surface area (Å²) in [4.78, 5) is 20.3. The summed E-state index contributed by atoms with van der Waals surface area (Å²) in [5.74, 6) is 0.236. The van der Waals surface area contributed by atoms with Crippen molar-refractivity contribution in [3.05, 3.63) is 83.7 Å². The number of nitrogens with zero attached hydrogens (tertiary/aromatic N) is 3. The van der Waals surface area contributed by atoms with Crippen molar-refractivity contribution in [1.82, 2.24) is 25.5 Å². The number of aliphatic imine (C=N–C) groups is 1. The Morgan fingerprint density at radius 2 is 2.03 bits per heavy atom. The fourth-order valence-corrected chi connectivity index (χ4v) is 3.11. The quantitative estimate of drug-likeness (QED) is 0.385. The maximum absolute atomic E-state index is 14.4. The monoisotopic (exact) mass is 422 g/mol. The first-order valence-corrected chi connectivity index (χ1v) is 10.2. The molecule has 0 atom stereocenters. The molecule has 0 bridgehead atoms. The Kier molecular flexibility index (Phi) is 7.75. The van der Waals surface area contributed by atoms with Gasteiger partial charge in [0.15, 0.2) is 5.96 Å². The Hall–Kier alpha value is -3.68. The Bertz CT molecular complexity index is 1030. The number of imidazole rings is 1. The van der Waals surface area contributed by atoms with Gasteiger partial charge in [-0.1, -0.05) is 18.2 Å². The van der Waals surface area contributed by atoms with E-state index in [1.807, 2.05) is 31.2 Å². The Morgan fingerprint density at radius 3 is 2.74 bits per heavy atom. The third-order valence-corrected chi connectivity index (χ3v) is 4.68. The first-order valence-electron chi connectivity index (χ1n) is 10.2. The number of halogens is 1. The van der Waals surface area contributed by atoms with Crippen LogP contribution in [0, 0.1) is 5.82 Å². The summed E-state index contributed by atoms with van der Waals surface area (Å²) in [5.41, 5.74) is 2.93. The zero-order chi connectivity index (χ0) is 22.1. The minimum atomic E-state index is -0.320. The van der Waals surface area contributed by atoms with Gasteiger partial charge >= 0.3 is 0 Å². The summed E-state index contributed by atoms with van der Waals surface area (Å²) in [6.45, 7) is 3.70. The van der Waals surface area contributed by atoms with Crippen LogP contribution < -0.4 is 16.0 Å². The minimum Gasteiger partial charge on any atom is -0.357 e. The molecule has 8 heteroatoms. The normalized spacial score (nSPS) is 11.3. The van der Waals surface area contributed by atoms with E-state index < -0.39 is 0 Å². The molecule has 0 spiro atoms. The summed E-state index contributed by atoms with van der Waals surface area (Å²) in [7, 11) is 1.62. The number of carbonyl (C=O) groups is 1. The Labute approximate surface area is 181 Å². The van der Waals surface area contributed by atoms with Crippen LogP contribution in [0.2, 0.25) is 0 Å². The summed E-state index contributed by atoms with van der Waals surface area (Å²) >= 11 is 0. The van der Waals surface area contributed by atoms with Crippen LogP contribution in [0.15, 0.2) is 66.2 Å². The van der Waals surface area contributed by atoms with Crippen LogP contribution >= 0.6 is 0 Å². The van der Waals surface area contributed by atoms with Gasteiger partial charge in [0.1, 0.15) is 5.82 Å². The third-order valence-electron chi connectivity index (χ3n) is 4.68. The maximum atomic E-state index is 14.4. The highest BCUT2D eigenvalue weighted by Gasteiger charge is 2.06. The highest BCUT2D eigenvalue weighted by Crippen LogP contribution is 2.15. The average molecular weight is 423 g/mol. The van der Waals surface area contributed by atoms with E-state index in [9.17, 15) is 9.18 Å². The number of rotatable bonds is 8. The summed E-state index contributed by atoms with van der Waals surface area (Å²) in [6.07, 6.45) is 5.62. The van der Waals surface area contributed by atoms with Gasteiger partial charge in [-0.05, 0) is 48.7 Å². The molecule has 1 aromatic heterocycles. The molecule has 0 unspecified atom stereocenters. The van der Waals surface area contributed by atoms with E-state index in [-0.39, 0.29) is 11.7 Å². The van der Waals surface area contributed by atoms with Gasteiger partial charge in [-0.25, -0.2) is 14.4 Å². The molecule has 0 saturated heterocycles. The van der Waals surface area contributed by atoms with Crippen LogP contribution in [0.5, 0.6) is 0 Å². The van der Waals surface area contributed by atoms with Crippen molar-refractivity contribution < 1.29 is 9.18 Å². The van der Waals surface area contributed by atoms with E-state index in [0.717, 1.165) is 17.5 Å². The van der Waals surface area contributed by atoms with Crippen molar-refractivity contribution in [2.24, 2.45) is 4.99 Å². The van der Waals surface area contributed by atoms with Gasteiger partial charge in [0.05, 0.1) is 18.6 Å². The number of guanidine groups is 1. The molecule has 1 amide bonds. The number of hydrogen-bond acceptors (Lipinski definition) is 3. The van der Waals surface area contributed by atoms with E-state index in [4.69, 9.17) is 0 Å². The van der Waals surface area contributed by atoms with Gasteiger partial charge in [-0.3, -0.25) is 4.79 Å². The minimum absolute atomic E-state index is 0.101. The van der Waals surface area contributed by atoms with Crippen molar-refractivity contribution in [1.29, 1.82) is 0 Å². The number of carbonyl (C=O) groups excluding carboxylic acids is 1. The van der Waals surface area contributed by atoms with Gasteiger partial charge < -0.3 is 20.5 Å². The number of aromatic nitrogens is 2. The first-order chi connectivity index (χ1) is 15.1. The number of hydrogen-bond donors (Lipinski definition) is 3. The molecule has 3 aromatic rings. The molecular weight excluding hydrogens is 395 g/mol. The second kappa shape index (κ2) is 10.9. The number of amides is 1. The lowest BCUT2D eigenvalue weighted by Gasteiger charge is -2.12. The topological polar surface area (TPSA) is 83.3 Å². The summed E-state index contributed by atoms with van der Waals surface area (Å²) in [6, 6.07) is 12.6. The van der Waals surface area contributed by atoms with Gasteiger partial charge in [0, 0.05) is 38.1 Å². The predicted molar refractivity (Wildman–Crippen MR) is 120 cm³/mol.